The van der Waals surface area contributed by atoms with E-state index >= 15 is 0 Å². The summed E-state index contributed by atoms with van der Waals surface area (Å²) in [5, 5.41) is 8.59. The second kappa shape index (κ2) is 4.80. The molecule has 1 aromatic rings. The van der Waals surface area contributed by atoms with Crippen molar-refractivity contribution in [1.82, 2.24) is 10.2 Å². The maximum atomic E-state index is 6.16. The molecular formula is C11H17N3O3S. The molecule has 18 heavy (non-hydrogen) atoms. The third-order valence-corrected chi connectivity index (χ3v) is 4.61. The van der Waals surface area contributed by atoms with E-state index in [1.165, 1.54) is 11.8 Å². The van der Waals surface area contributed by atoms with Crippen LogP contribution in [0.25, 0.3) is 0 Å². The number of thioether (sulfide) groups is 1. The molecule has 1 aliphatic heterocycles. The number of aromatic nitrogens is 2. The number of nitrogens with two attached hydrogens (primary N) is 1. The second-order valence-electron chi connectivity index (χ2n) is 4.76. The monoisotopic (exact) mass is 271 g/mol. The summed E-state index contributed by atoms with van der Waals surface area (Å²) in [7, 11) is 0. The van der Waals surface area contributed by atoms with Gasteiger partial charge in [0, 0.05) is 31.1 Å². The summed E-state index contributed by atoms with van der Waals surface area (Å²) < 4.78 is 16.9. The number of rotatable bonds is 2. The Bertz CT molecular complexity index is 419. The quantitative estimate of drug-likeness (QED) is 0.862. The first-order chi connectivity index (χ1) is 8.67. The van der Waals surface area contributed by atoms with Crippen molar-refractivity contribution in [3.8, 4) is 0 Å². The highest BCUT2D eigenvalue weighted by molar-refractivity contribution is 7.99. The molecule has 7 heteroatoms. The van der Waals surface area contributed by atoms with Crippen molar-refractivity contribution in [3.63, 3.8) is 0 Å². The van der Waals surface area contributed by atoms with Crippen molar-refractivity contribution in [2.45, 2.75) is 48.5 Å². The van der Waals surface area contributed by atoms with Crippen LogP contribution >= 0.6 is 11.8 Å². The predicted octanol–water partition coefficient (Wildman–Crippen LogP) is 1.09. The fraction of sp³-hybridized carbons (Fsp3) is 0.818. The summed E-state index contributed by atoms with van der Waals surface area (Å²) in [4.78, 5) is 0. The lowest BCUT2D eigenvalue weighted by molar-refractivity contribution is -0.176. The van der Waals surface area contributed by atoms with Gasteiger partial charge in [-0.25, -0.2) is 0 Å². The highest BCUT2D eigenvalue weighted by Crippen LogP contribution is 2.41. The van der Waals surface area contributed by atoms with E-state index < -0.39 is 5.79 Å². The molecule has 6 nitrogen and oxygen atoms in total. The maximum Gasteiger partial charge on any atom is 0.276 e. The molecule has 2 fully saturated rings. The third kappa shape index (κ3) is 2.40. The lowest BCUT2D eigenvalue weighted by Crippen LogP contribution is -2.47. The molecule has 2 heterocycles. The minimum absolute atomic E-state index is 0.112. The number of nitrogens with zero attached hydrogens (tertiary/aromatic N) is 2. The van der Waals surface area contributed by atoms with E-state index in [9.17, 15) is 0 Å². The van der Waals surface area contributed by atoms with Crippen LogP contribution in [0.1, 0.15) is 25.2 Å². The molecule has 1 aromatic heterocycles. The van der Waals surface area contributed by atoms with Crippen LogP contribution < -0.4 is 5.73 Å². The zero-order chi connectivity index (χ0) is 12.6. The topological polar surface area (TPSA) is 83.4 Å². The summed E-state index contributed by atoms with van der Waals surface area (Å²) in [6, 6.07) is 0.112. The van der Waals surface area contributed by atoms with E-state index in [1.54, 1.807) is 6.92 Å². The minimum Gasteiger partial charge on any atom is -0.416 e. The van der Waals surface area contributed by atoms with E-state index in [-0.39, 0.29) is 11.3 Å². The molecule has 0 aromatic carbocycles. The standard InChI is InChI=1S/C11H17N3O3S/c1-7-13-14-10(17-7)18-9-6-11(3-2-8(9)12)15-4-5-16-11/h8-9H,2-6,12H2,1H3. The molecule has 1 saturated carbocycles. The summed E-state index contributed by atoms with van der Waals surface area (Å²) in [5.41, 5.74) is 6.16. The van der Waals surface area contributed by atoms with Crippen molar-refractivity contribution in [3.05, 3.63) is 5.89 Å². The van der Waals surface area contributed by atoms with Gasteiger partial charge in [0.05, 0.1) is 13.2 Å². The Morgan fingerprint density at radius 2 is 2.11 bits per heavy atom. The van der Waals surface area contributed by atoms with Crippen LogP contribution in [0.4, 0.5) is 0 Å². The van der Waals surface area contributed by atoms with E-state index in [2.05, 4.69) is 10.2 Å². The zero-order valence-corrected chi connectivity index (χ0v) is 11.1. The van der Waals surface area contributed by atoms with E-state index in [0.29, 0.717) is 24.3 Å². The smallest absolute Gasteiger partial charge is 0.276 e. The average Bonchev–Trinajstić information content (AvgIpc) is 2.95. The molecule has 0 bridgehead atoms. The lowest BCUT2D eigenvalue weighted by atomic mass is 9.90. The van der Waals surface area contributed by atoms with Gasteiger partial charge in [0.1, 0.15) is 0 Å². The van der Waals surface area contributed by atoms with Crippen LogP contribution in [0.3, 0.4) is 0 Å². The van der Waals surface area contributed by atoms with Gasteiger partial charge in [-0.3, -0.25) is 0 Å². The molecule has 2 aliphatic rings. The Labute approximate surface area is 110 Å². The molecule has 2 unspecified atom stereocenters. The van der Waals surface area contributed by atoms with E-state index in [4.69, 9.17) is 19.6 Å². The Kier molecular flexibility index (Phi) is 3.31. The highest BCUT2D eigenvalue weighted by atomic mass is 32.2. The molecular weight excluding hydrogens is 254 g/mol. The van der Waals surface area contributed by atoms with Gasteiger partial charge in [-0.15, -0.1) is 10.2 Å². The van der Waals surface area contributed by atoms with Gasteiger partial charge in [0.2, 0.25) is 5.89 Å². The molecule has 0 radical (unpaired) electrons. The van der Waals surface area contributed by atoms with Crippen LogP contribution in [0.5, 0.6) is 0 Å². The summed E-state index contributed by atoms with van der Waals surface area (Å²) in [6.45, 7) is 3.13. The summed E-state index contributed by atoms with van der Waals surface area (Å²) in [5.74, 6) is 0.146. The van der Waals surface area contributed by atoms with Gasteiger partial charge >= 0.3 is 0 Å². The highest BCUT2D eigenvalue weighted by Gasteiger charge is 2.44. The van der Waals surface area contributed by atoms with Crippen LogP contribution in [-0.2, 0) is 9.47 Å². The van der Waals surface area contributed by atoms with Crippen molar-refractivity contribution in [2.24, 2.45) is 5.73 Å². The van der Waals surface area contributed by atoms with Gasteiger partial charge in [-0.2, -0.15) is 0 Å². The normalized spacial score (nSPS) is 31.0. The zero-order valence-electron chi connectivity index (χ0n) is 10.3. The lowest BCUT2D eigenvalue weighted by Gasteiger charge is -2.38. The van der Waals surface area contributed by atoms with Crippen LogP contribution in [0, 0.1) is 6.92 Å². The SMILES string of the molecule is Cc1nnc(SC2CC3(CCC2N)OCCO3)o1. The Balaban J connectivity index is 1.69. The first kappa shape index (κ1) is 12.4. The maximum absolute atomic E-state index is 6.16. The summed E-state index contributed by atoms with van der Waals surface area (Å²) >= 11 is 1.53. The van der Waals surface area contributed by atoms with Crippen LogP contribution in [0.2, 0.25) is 0 Å². The van der Waals surface area contributed by atoms with Gasteiger partial charge in [-0.05, 0) is 6.42 Å². The first-order valence-electron chi connectivity index (χ1n) is 6.17. The number of hydrogen-bond acceptors (Lipinski definition) is 7. The molecule has 2 N–H and O–H groups in total. The van der Waals surface area contributed by atoms with Gasteiger partial charge in [-0.1, -0.05) is 11.8 Å². The molecule has 3 rings (SSSR count). The number of ether oxygens (including phenoxy) is 2. The number of aryl methyl sites for hydroxylation is 1. The van der Waals surface area contributed by atoms with Gasteiger partial charge < -0.3 is 19.6 Å². The predicted molar refractivity (Wildman–Crippen MR) is 65.1 cm³/mol. The van der Waals surface area contributed by atoms with Crippen LogP contribution in [0.15, 0.2) is 9.64 Å². The Morgan fingerprint density at radius 1 is 1.33 bits per heavy atom. The van der Waals surface area contributed by atoms with Gasteiger partial charge in [0.25, 0.3) is 5.22 Å². The minimum atomic E-state index is -0.428. The van der Waals surface area contributed by atoms with Gasteiger partial charge in [0.15, 0.2) is 5.79 Å². The fourth-order valence-electron chi connectivity index (χ4n) is 2.48. The average molecular weight is 271 g/mol. The number of hydrogen-bond donors (Lipinski definition) is 1. The Hall–Kier alpha value is -0.630. The largest absolute Gasteiger partial charge is 0.416 e. The Morgan fingerprint density at radius 3 is 2.78 bits per heavy atom. The van der Waals surface area contributed by atoms with E-state index in [1.807, 2.05) is 0 Å². The van der Waals surface area contributed by atoms with Crippen LogP contribution in [-0.4, -0.2) is 40.5 Å². The third-order valence-electron chi connectivity index (χ3n) is 3.42. The van der Waals surface area contributed by atoms with E-state index in [0.717, 1.165) is 19.3 Å². The molecule has 1 spiro atoms. The second-order valence-corrected chi connectivity index (χ2v) is 5.95. The molecule has 100 valence electrons. The molecule has 0 amide bonds. The molecule has 1 saturated heterocycles. The van der Waals surface area contributed by atoms with Crippen molar-refractivity contribution >= 4 is 11.8 Å². The van der Waals surface area contributed by atoms with Crippen molar-refractivity contribution in [1.29, 1.82) is 0 Å². The summed E-state index contributed by atoms with van der Waals surface area (Å²) in [6.07, 6.45) is 2.54. The van der Waals surface area contributed by atoms with Crippen molar-refractivity contribution in [2.75, 3.05) is 13.2 Å². The fourth-order valence-corrected chi connectivity index (χ4v) is 3.64. The van der Waals surface area contributed by atoms with Crippen molar-refractivity contribution < 1.29 is 13.9 Å². The molecule has 2 atom stereocenters. The first-order valence-corrected chi connectivity index (χ1v) is 7.05. The molecule has 1 aliphatic carbocycles.